The van der Waals surface area contributed by atoms with Crippen LogP contribution in [0.3, 0.4) is 0 Å². The number of likely N-dealkylation sites (tertiary alicyclic amines) is 1. The number of carbonyl (C=O) groups excluding carboxylic acids is 2. The average molecular weight is 461 g/mol. The van der Waals surface area contributed by atoms with Gasteiger partial charge in [0.2, 0.25) is 6.41 Å². The fraction of sp³-hybridized carbons (Fsp3) is 0.375. The molecule has 4 rings (SSSR count). The smallest absolute Gasteiger partial charge is 0.250 e. The van der Waals surface area contributed by atoms with Crippen molar-refractivity contribution >= 4 is 23.7 Å². The third kappa shape index (κ3) is 8.36. The van der Waals surface area contributed by atoms with Crippen LogP contribution in [0.15, 0.2) is 48.8 Å². The first-order valence-electron chi connectivity index (χ1n) is 10.6. The van der Waals surface area contributed by atoms with Crippen LogP contribution >= 0.6 is 0 Å². The van der Waals surface area contributed by atoms with E-state index in [9.17, 15) is 18.4 Å². The van der Waals surface area contributed by atoms with E-state index in [1.165, 1.54) is 5.56 Å². The lowest BCUT2D eigenvalue weighted by atomic mass is 10.1. The molecule has 33 heavy (non-hydrogen) atoms. The maximum atomic E-state index is 12.4. The summed E-state index contributed by atoms with van der Waals surface area (Å²) in [6, 6.07) is 12.1. The summed E-state index contributed by atoms with van der Waals surface area (Å²) in [5, 5.41) is 11.2. The molecule has 3 heterocycles. The standard InChI is InChI=1S/C15H12N2O.C6H11F2N.C3H7NO2/c1-11-3-2-4-14(7-11)17-6-5-13-8-12(10-18)9-16-15(13)17;1-9-4-2-6(7,8)3-5-9;5-2-1-4-3-6/h2-10H,1H3;2-5H2,1H3;3,5H,1-2H2,(H,4,6). The summed E-state index contributed by atoms with van der Waals surface area (Å²) in [4.78, 5) is 26.3. The Labute approximate surface area is 192 Å². The zero-order valence-corrected chi connectivity index (χ0v) is 18.9. The van der Waals surface area contributed by atoms with Crippen LogP contribution in [-0.2, 0) is 4.79 Å². The molecule has 3 aromatic rings. The van der Waals surface area contributed by atoms with E-state index >= 15 is 0 Å². The number of carbonyl (C=O) groups is 2. The van der Waals surface area contributed by atoms with E-state index in [1.54, 1.807) is 6.20 Å². The summed E-state index contributed by atoms with van der Waals surface area (Å²) in [5.74, 6) is -2.38. The number of aliphatic hydroxyl groups excluding tert-OH is 1. The summed E-state index contributed by atoms with van der Waals surface area (Å²) in [6.45, 7) is 3.50. The third-order valence-corrected chi connectivity index (χ3v) is 5.02. The van der Waals surface area contributed by atoms with E-state index in [1.807, 2.05) is 47.0 Å². The summed E-state index contributed by atoms with van der Waals surface area (Å²) in [5.41, 5.74) is 3.76. The predicted molar refractivity (Wildman–Crippen MR) is 124 cm³/mol. The van der Waals surface area contributed by atoms with Crippen molar-refractivity contribution in [3.8, 4) is 5.69 Å². The van der Waals surface area contributed by atoms with Gasteiger partial charge < -0.3 is 19.9 Å². The topological polar surface area (TPSA) is 87.5 Å². The van der Waals surface area contributed by atoms with Crippen LogP contribution in [-0.4, -0.2) is 71.5 Å². The molecule has 0 aliphatic carbocycles. The SMILES string of the molecule is CN1CCC(F)(F)CC1.Cc1cccc(-n2ccc3cc(C=O)cnc32)c1.O=CNCCO. The van der Waals surface area contributed by atoms with Crippen LogP contribution in [0.1, 0.15) is 28.8 Å². The molecule has 1 amide bonds. The van der Waals surface area contributed by atoms with Crippen molar-refractivity contribution < 1.29 is 23.5 Å². The van der Waals surface area contributed by atoms with Crippen molar-refractivity contribution in [3.63, 3.8) is 0 Å². The molecular weight excluding hydrogens is 430 g/mol. The largest absolute Gasteiger partial charge is 0.395 e. The Morgan fingerprint density at radius 2 is 1.91 bits per heavy atom. The van der Waals surface area contributed by atoms with E-state index in [2.05, 4.69) is 29.4 Å². The number of aliphatic hydroxyl groups is 1. The van der Waals surface area contributed by atoms with Gasteiger partial charge in [-0.3, -0.25) is 9.59 Å². The number of alkyl halides is 2. The zero-order chi connectivity index (χ0) is 24.3. The highest BCUT2D eigenvalue weighted by molar-refractivity contribution is 5.85. The molecule has 0 saturated carbocycles. The highest BCUT2D eigenvalue weighted by Crippen LogP contribution is 2.26. The van der Waals surface area contributed by atoms with Crippen LogP contribution in [0, 0.1) is 6.92 Å². The molecule has 7 nitrogen and oxygen atoms in total. The molecule has 1 fully saturated rings. The number of aromatic nitrogens is 2. The maximum Gasteiger partial charge on any atom is 0.250 e. The number of nitrogens with zero attached hydrogens (tertiary/aromatic N) is 3. The van der Waals surface area contributed by atoms with Crippen molar-refractivity contribution in [1.82, 2.24) is 19.8 Å². The van der Waals surface area contributed by atoms with Gasteiger partial charge in [0.1, 0.15) is 5.65 Å². The van der Waals surface area contributed by atoms with E-state index < -0.39 is 5.92 Å². The van der Waals surface area contributed by atoms with Gasteiger partial charge in [-0.15, -0.1) is 0 Å². The monoisotopic (exact) mass is 460 g/mol. The lowest BCUT2D eigenvalue weighted by Gasteiger charge is -2.28. The summed E-state index contributed by atoms with van der Waals surface area (Å²) in [6.07, 6.45) is 5.00. The Morgan fingerprint density at radius 3 is 2.45 bits per heavy atom. The average Bonchev–Trinajstić information content (AvgIpc) is 3.24. The number of benzene rings is 1. The number of nitrogens with one attached hydrogen (secondary N) is 1. The van der Waals surface area contributed by atoms with Gasteiger partial charge in [-0.2, -0.15) is 0 Å². The Hall–Kier alpha value is -3.17. The normalized spacial score (nSPS) is 14.9. The van der Waals surface area contributed by atoms with Gasteiger partial charge in [0.25, 0.3) is 5.92 Å². The van der Waals surface area contributed by atoms with E-state index in [-0.39, 0.29) is 19.4 Å². The fourth-order valence-corrected chi connectivity index (χ4v) is 3.16. The first-order valence-corrected chi connectivity index (χ1v) is 10.6. The van der Waals surface area contributed by atoms with Crippen LogP contribution in [0.5, 0.6) is 0 Å². The number of aldehydes is 1. The van der Waals surface area contributed by atoms with Gasteiger partial charge in [-0.25, -0.2) is 13.8 Å². The van der Waals surface area contributed by atoms with Gasteiger partial charge in [-0.1, -0.05) is 12.1 Å². The number of aryl methyl sites for hydroxylation is 1. The number of hydrogen-bond donors (Lipinski definition) is 2. The molecule has 178 valence electrons. The highest BCUT2D eigenvalue weighted by Gasteiger charge is 2.32. The number of rotatable bonds is 5. The molecule has 0 bridgehead atoms. The van der Waals surface area contributed by atoms with Crippen LogP contribution in [0.4, 0.5) is 8.78 Å². The van der Waals surface area contributed by atoms with Crippen molar-refractivity contribution in [3.05, 3.63) is 59.9 Å². The van der Waals surface area contributed by atoms with Gasteiger partial charge in [0.15, 0.2) is 6.29 Å². The van der Waals surface area contributed by atoms with Crippen LogP contribution < -0.4 is 5.32 Å². The Morgan fingerprint density at radius 1 is 1.18 bits per heavy atom. The predicted octanol–water partition coefficient (Wildman–Crippen LogP) is 3.22. The van der Waals surface area contributed by atoms with E-state index in [4.69, 9.17) is 5.11 Å². The minimum absolute atomic E-state index is 0.0126. The van der Waals surface area contributed by atoms with Crippen LogP contribution in [0.2, 0.25) is 0 Å². The lowest BCUT2D eigenvalue weighted by molar-refractivity contribution is -0.109. The summed E-state index contributed by atoms with van der Waals surface area (Å²) in [7, 11) is 1.87. The molecule has 0 radical (unpaired) electrons. The molecule has 1 aliphatic heterocycles. The zero-order valence-electron chi connectivity index (χ0n) is 18.9. The first kappa shape index (κ1) is 26.1. The highest BCUT2D eigenvalue weighted by atomic mass is 19.3. The van der Waals surface area contributed by atoms with Crippen molar-refractivity contribution in [2.24, 2.45) is 0 Å². The molecule has 1 saturated heterocycles. The number of hydrogen-bond acceptors (Lipinski definition) is 5. The lowest BCUT2D eigenvalue weighted by Crippen LogP contribution is -2.36. The Bertz CT molecular complexity index is 1030. The molecule has 0 atom stereocenters. The molecule has 0 unspecified atom stereocenters. The fourth-order valence-electron chi connectivity index (χ4n) is 3.16. The van der Waals surface area contributed by atoms with Crippen LogP contribution in [0.25, 0.3) is 16.7 Å². The third-order valence-electron chi connectivity index (χ3n) is 5.02. The molecular formula is C24H30F2N4O3. The Balaban J connectivity index is 0.000000215. The minimum atomic E-state index is -2.38. The molecule has 2 aromatic heterocycles. The van der Waals surface area contributed by atoms with Crippen molar-refractivity contribution in [2.75, 3.05) is 33.3 Å². The quantitative estimate of drug-likeness (QED) is 0.451. The van der Waals surface area contributed by atoms with Gasteiger partial charge in [-0.05, 0) is 43.8 Å². The Kier molecular flexibility index (Phi) is 10.1. The second-order valence-corrected chi connectivity index (χ2v) is 7.78. The first-order chi connectivity index (χ1) is 15.8. The van der Waals surface area contributed by atoms with E-state index in [0.717, 1.165) is 23.0 Å². The number of fused-ring (bicyclic) bond motifs is 1. The van der Waals surface area contributed by atoms with Gasteiger partial charge >= 0.3 is 0 Å². The van der Waals surface area contributed by atoms with Crippen molar-refractivity contribution in [2.45, 2.75) is 25.7 Å². The molecule has 2 N–H and O–H groups in total. The maximum absolute atomic E-state index is 12.4. The number of halogens is 2. The summed E-state index contributed by atoms with van der Waals surface area (Å²) >= 11 is 0. The van der Waals surface area contributed by atoms with Crippen molar-refractivity contribution in [1.29, 1.82) is 0 Å². The second kappa shape index (κ2) is 12.8. The second-order valence-electron chi connectivity index (χ2n) is 7.78. The number of pyridine rings is 1. The minimum Gasteiger partial charge on any atom is -0.395 e. The number of amides is 1. The molecule has 1 aliphatic rings. The van der Waals surface area contributed by atoms with Gasteiger partial charge in [0, 0.05) is 61.5 Å². The molecule has 0 spiro atoms. The molecule has 9 heteroatoms. The molecule has 1 aromatic carbocycles. The summed E-state index contributed by atoms with van der Waals surface area (Å²) < 4.78 is 26.7. The van der Waals surface area contributed by atoms with Gasteiger partial charge in [0.05, 0.1) is 6.61 Å². The van der Waals surface area contributed by atoms with E-state index in [0.29, 0.717) is 31.6 Å². The number of piperidine rings is 1.